The summed E-state index contributed by atoms with van der Waals surface area (Å²) in [5, 5.41) is 0. The first kappa shape index (κ1) is 10.8. The van der Waals surface area contributed by atoms with Crippen molar-refractivity contribution in [2.24, 2.45) is 13.0 Å². The molecule has 0 unspecified atom stereocenters. The summed E-state index contributed by atoms with van der Waals surface area (Å²) < 4.78 is 3.27. The first-order chi connectivity index (χ1) is 6.02. The van der Waals surface area contributed by atoms with Gasteiger partial charge in [0.25, 0.3) is 0 Å². The fourth-order valence-corrected chi connectivity index (χ4v) is 1.72. The summed E-state index contributed by atoms with van der Waals surface area (Å²) in [4.78, 5) is 6.54. The van der Waals surface area contributed by atoms with Gasteiger partial charge >= 0.3 is 0 Å². The maximum Gasteiger partial charge on any atom is 0.205 e. The van der Waals surface area contributed by atoms with E-state index < -0.39 is 0 Å². The second-order valence-electron chi connectivity index (χ2n) is 3.71. The molecule has 0 spiro atoms. The molecule has 3 nitrogen and oxygen atoms in total. The summed E-state index contributed by atoms with van der Waals surface area (Å²) in [6.07, 6.45) is 1.90. The average Bonchev–Trinajstić information content (AvgIpc) is 2.31. The van der Waals surface area contributed by atoms with Gasteiger partial charge in [0.05, 0.1) is 6.20 Å². The minimum Gasteiger partial charge on any atom is -0.345 e. The van der Waals surface area contributed by atoms with Gasteiger partial charge in [-0.05, 0) is 28.5 Å². The second-order valence-corrected chi connectivity index (χ2v) is 4.82. The van der Waals surface area contributed by atoms with Gasteiger partial charge in [-0.15, -0.1) is 0 Å². The average molecular weight is 293 g/mol. The Morgan fingerprint density at radius 1 is 1.62 bits per heavy atom. The predicted octanol–water partition coefficient (Wildman–Crippen LogP) is 2.12. The van der Waals surface area contributed by atoms with Crippen molar-refractivity contribution in [2.45, 2.75) is 13.8 Å². The summed E-state index contributed by atoms with van der Waals surface area (Å²) >= 11 is 2.29. The molecule has 1 aromatic heterocycles. The Kier molecular flexibility index (Phi) is 3.58. The number of hydrogen-bond acceptors (Lipinski definition) is 2. The maximum atomic E-state index is 4.35. The van der Waals surface area contributed by atoms with Gasteiger partial charge < -0.3 is 9.47 Å². The number of anilines is 1. The molecular weight excluding hydrogens is 277 g/mol. The Balaban J connectivity index is 2.76. The van der Waals surface area contributed by atoms with Crippen LogP contribution in [0.2, 0.25) is 0 Å². The van der Waals surface area contributed by atoms with E-state index in [2.05, 4.69) is 57.9 Å². The summed E-state index contributed by atoms with van der Waals surface area (Å²) in [6, 6.07) is 0. The van der Waals surface area contributed by atoms with Gasteiger partial charge in [0.15, 0.2) is 0 Å². The SMILES string of the molecule is CC(C)CN(C)c1ncc(I)n1C. The minimum absolute atomic E-state index is 0.666. The molecule has 0 aromatic carbocycles. The van der Waals surface area contributed by atoms with Crippen LogP contribution in [0.5, 0.6) is 0 Å². The molecule has 4 heteroatoms. The Labute approximate surface area is 93.3 Å². The lowest BCUT2D eigenvalue weighted by Gasteiger charge is -2.20. The van der Waals surface area contributed by atoms with Crippen molar-refractivity contribution in [3.05, 3.63) is 9.90 Å². The smallest absolute Gasteiger partial charge is 0.205 e. The van der Waals surface area contributed by atoms with Gasteiger partial charge in [-0.2, -0.15) is 0 Å². The fraction of sp³-hybridized carbons (Fsp3) is 0.667. The molecule has 0 aliphatic rings. The number of aromatic nitrogens is 2. The molecule has 0 atom stereocenters. The van der Waals surface area contributed by atoms with Crippen LogP contribution >= 0.6 is 22.6 Å². The lowest BCUT2D eigenvalue weighted by molar-refractivity contribution is 0.623. The topological polar surface area (TPSA) is 21.1 Å². The molecule has 1 heterocycles. The van der Waals surface area contributed by atoms with Crippen LogP contribution < -0.4 is 4.90 Å². The molecule has 74 valence electrons. The van der Waals surface area contributed by atoms with E-state index in [-0.39, 0.29) is 0 Å². The first-order valence-corrected chi connectivity index (χ1v) is 5.48. The third kappa shape index (κ3) is 2.59. The third-order valence-corrected chi connectivity index (χ3v) is 2.89. The number of hydrogen-bond donors (Lipinski definition) is 0. The monoisotopic (exact) mass is 293 g/mol. The minimum atomic E-state index is 0.666. The highest BCUT2D eigenvalue weighted by atomic mass is 127. The molecule has 13 heavy (non-hydrogen) atoms. The van der Waals surface area contributed by atoms with Gasteiger partial charge in [0.2, 0.25) is 5.95 Å². The van der Waals surface area contributed by atoms with E-state index >= 15 is 0 Å². The molecule has 0 saturated heterocycles. The number of imidazole rings is 1. The summed E-state index contributed by atoms with van der Waals surface area (Å²) in [5.74, 6) is 1.71. The molecule has 0 aliphatic carbocycles. The molecule has 0 radical (unpaired) electrons. The Morgan fingerprint density at radius 2 is 2.23 bits per heavy atom. The van der Waals surface area contributed by atoms with E-state index in [9.17, 15) is 0 Å². The van der Waals surface area contributed by atoms with Gasteiger partial charge in [-0.1, -0.05) is 13.8 Å². The van der Waals surface area contributed by atoms with Crippen molar-refractivity contribution in [1.82, 2.24) is 9.55 Å². The van der Waals surface area contributed by atoms with Crippen molar-refractivity contribution in [3.63, 3.8) is 0 Å². The quantitative estimate of drug-likeness (QED) is 0.796. The van der Waals surface area contributed by atoms with Crippen molar-refractivity contribution >= 4 is 28.5 Å². The van der Waals surface area contributed by atoms with Crippen LogP contribution in [0.3, 0.4) is 0 Å². The number of halogens is 1. The fourth-order valence-electron chi connectivity index (χ4n) is 1.36. The van der Waals surface area contributed by atoms with Crippen LogP contribution in [-0.4, -0.2) is 23.1 Å². The zero-order chi connectivity index (χ0) is 10.0. The zero-order valence-electron chi connectivity index (χ0n) is 8.58. The van der Waals surface area contributed by atoms with Crippen LogP contribution in [0, 0.1) is 9.62 Å². The zero-order valence-corrected chi connectivity index (χ0v) is 10.7. The van der Waals surface area contributed by atoms with Gasteiger partial charge in [-0.25, -0.2) is 4.98 Å². The molecule has 0 aliphatic heterocycles. The highest BCUT2D eigenvalue weighted by Gasteiger charge is 2.09. The Hall–Kier alpha value is -0.260. The van der Waals surface area contributed by atoms with Crippen LogP contribution in [0.15, 0.2) is 6.20 Å². The molecular formula is C9H16IN3. The van der Waals surface area contributed by atoms with E-state index in [1.54, 1.807) is 0 Å². The lowest BCUT2D eigenvalue weighted by atomic mass is 10.2. The number of rotatable bonds is 3. The first-order valence-electron chi connectivity index (χ1n) is 4.40. The van der Waals surface area contributed by atoms with Crippen molar-refractivity contribution < 1.29 is 0 Å². The van der Waals surface area contributed by atoms with E-state index in [0.717, 1.165) is 12.5 Å². The van der Waals surface area contributed by atoms with Crippen molar-refractivity contribution in [1.29, 1.82) is 0 Å². The molecule has 0 amide bonds. The lowest BCUT2D eigenvalue weighted by Crippen LogP contribution is -2.25. The molecule has 0 fully saturated rings. The van der Waals surface area contributed by atoms with Crippen molar-refractivity contribution in [2.75, 3.05) is 18.5 Å². The molecule has 1 rings (SSSR count). The van der Waals surface area contributed by atoms with Crippen LogP contribution in [0.1, 0.15) is 13.8 Å². The number of nitrogens with zero attached hydrogens (tertiary/aromatic N) is 3. The van der Waals surface area contributed by atoms with E-state index in [1.807, 2.05) is 13.2 Å². The Bertz CT molecular complexity index is 280. The largest absolute Gasteiger partial charge is 0.345 e. The van der Waals surface area contributed by atoms with Gasteiger partial charge in [0, 0.05) is 20.6 Å². The van der Waals surface area contributed by atoms with Crippen LogP contribution in [0.25, 0.3) is 0 Å². The molecule has 0 N–H and O–H groups in total. The maximum absolute atomic E-state index is 4.35. The summed E-state index contributed by atoms with van der Waals surface area (Å²) in [6.45, 7) is 5.47. The van der Waals surface area contributed by atoms with Gasteiger partial charge in [-0.3, -0.25) is 0 Å². The highest BCUT2D eigenvalue weighted by Crippen LogP contribution is 2.14. The summed E-state index contributed by atoms with van der Waals surface area (Å²) in [7, 11) is 4.12. The van der Waals surface area contributed by atoms with Crippen molar-refractivity contribution in [3.8, 4) is 0 Å². The third-order valence-electron chi connectivity index (χ3n) is 1.89. The highest BCUT2D eigenvalue weighted by molar-refractivity contribution is 14.1. The standard InChI is InChI=1S/C9H16IN3/c1-7(2)6-12(3)9-11-5-8(10)13(9)4/h5,7H,6H2,1-4H3. The molecule has 1 aromatic rings. The summed E-state index contributed by atoms with van der Waals surface area (Å²) in [5.41, 5.74) is 0. The molecule has 0 saturated carbocycles. The normalized spacial score (nSPS) is 10.9. The Morgan fingerprint density at radius 3 is 2.62 bits per heavy atom. The van der Waals surface area contributed by atoms with Gasteiger partial charge in [0.1, 0.15) is 3.70 Å². The van der Waals surface area contributed by atoms with E-state index in [4.69, 9.17) is 0 Å². The van der Waals surface area contributed by atoms with E-state index in [0.29, 0.717) is 5.92 Å². The molecule has 0 bridgehead atoms. The predicted molar refractivity (Wildman–Crippen MR) is 64.0 cm³/mol. The second kappa shape index (κ2) is 4.30. The van der Waals surface area contributed by atoms with E-state index in [1.165, 1.54) is 3.70 Å². The van der Waals surface area contributed by atoms with Crippen LogP contribution in [0.4, 0.5) is 5.95 Å². The van der Waals surface area contributed by atoms with Crippen LogP contribution in [-0.2, 0) is 7.05 Å².